The van der Waals surface area contributed by atoms with Gasteiger partial charge in [-0.1, -0.05) is 15.9 Å². The van der Waals surface area contributed by atoms with Crippen LogP contribution in [0, 0.1) is 0 Å². The lowest BCUT2D eigenvalue weighted by Gasteiger charge is -2.31. The zero-order valence-electron chi connectivity index (χ0n) is 7.38. The van der Waals surface area contributed by atoms with Crippen molar-refractivity contribution < 1.29 is 9.84 Å². The van der Waals surface area contributed by atoms with Crippen molar-refractivity contribution in [2.45, 2.75) is 18.9 Å². The van der Waals surface area contributed by atoms with Crippen LogP contribution >= 0.6 is 15.9 Å². The molecule has 0 radical (unpaired) electrons. The van der Waals surface area contributed by atoms with E-state index in [1.807, 2.05) is 25.1 Å². The van der Waals surface area contributed by atoms with Crippen LogP contribution in [0.2, 0.25) is 0 Å². The van der Waals surface area contributed by atoms with E-state index in [4.69, 9.17) is 4.74 Å². The number of rotatable bonds is 0. The highest BCUT2D eigenvalue weighted by Crippen LogP contribution is 2.37. The van der Waals surface area contributed by atoms with E-state index in [-0.39, 0.29) is 0 Å². The molecule has 1 aromatic rings. The van der Waals surface area contributed by atoms with Crippen LogP contribution in [0.25, 0.3) is 0 Å². The Bertz CT molecular complexity index is 334. The molecule has 2 rings (SSSR count). The predicted octanol–water partition coefficient (Wildman–Crippen LogP) is 2.44. The molecule has 0 spiro atoms. The van der Waals surface area contributed by atoms with Gasteiger partial charge in [0.25, 0.3) is 0 Å². The highest BCUT2D eigenvalue weighted by molar-refractivity contribution is 9.10. The van der Waals surface area contributed by atoms with Gasteiger partial charge in [-0.05, 0) is 25.1 Å². The van der Waals surface area contributed by atoms with Gasteiger partial charge in [0.15, 0.2) is 0 Å². The summed E-state index contributed by atoms with van der Waals surface area (Å²) in [5.74, 6) is 0.791. The number of aliphatic hydroxyl groups is 1. The summed E-state index contributed by atoms with van der Waals surface area (Å²) in [6.07, 6.45) is 0.649. The second-order valence-corrected chi connectivity index (χ2v) is 4.43. The molecule has 1 aliphatic rings. The number of hydrogen-bond donors (Lipinski definition) is 1. The number of hydrogen-bond acceptors (Lipinski definition) is 2. The normalized spacial score (nSPS) is 26.4. The molecule has 0 fully saturated rings. The van der Waals surface area contributed by atoms with Gasteiger partial charge >= 0.3 is 0 Å². The molecule has 0 bridgehead atoms. The van der Waals surface area contributed by atoms with Gasteiger partial charge in [-0.2, -0.15) is 0 Å². The van der Waals surface area contributed by atoms with Gasteiger partial charge in [0, 0.05) is 16.5 Å². The monoisotopic (exact) mass is 242 g/mol. The van der Waals surface area contributed by atoms with Gasteiger partial charge in [0.1, 0.15) is 5.75 Å². The minimum absolute atomic E-state index is 0.585. The third-order valence-corrected chi connectivity index (χ3v) is 2.86. The number of ether oxygens (including phenoxy) is 1. The molecule has 0 saturated heterocycles. The quantitative estimate of drug-likeness (QED) is 0.758. The molecule has 13 heavy (non-hydrogen) atoms. The number of halogens is 1. The van der Waals surface area contributed by atoms with Gasteiger partial charge in [-0.15, -0.1) is 0 Å². The summed E-state index contributed by atoms with van der Waals surface area (Å²) in [6.45, 7) is 2.41. The molecule has 1 atom stereocenters. The Morgan fingerprint density at radius 3 is 3.08 bits per heavy atom. The van der Waals surface area contributed by atoms with E-state index < -0.39 is 5.60 Å². The fourth-order valence-electron chi connectivity index (χ4n) is 1.54. The molecule has 3 heteroatoms. The lowest BCUT2D eigenvalue weighted by Crippen LogP contribution is -2.29. The lowest BCUT2D eigenvalue weighted by atomic mass is 9.90. The van der Waals surface area contributed by atoms with E-state index in [0.717, 1.165) is 15.8 Å². The van der Waals surface area contributed by atoms with Gasteiger partial charge in [0.2, 0.25) is 0 Å². The highest BCUT2D eigenvalue weighted by atomic mass is 79.9. The van der Waals surface area contributed by atoms with E-state index in [2.05, 4.69) is 15.9 Å². The van der Waals surface area contributed by atoms with Crippen LogP contribution in [0.4, 0.5) is 0 Å². The molecule has 1 aromatic carbocycles. The van der Waals surface area contributed by atoms with Crippen molar-refractivity contribution in [3.05, 3.63) is 28.2 Å². The molecular weight excluding hydrogens is 232 g/mol. The van der Waals surface area contributed by atoms with Crippen LogP contribution in [0.15, 0.2) is 22.7 Å². The Labute approximate surface area is 85.7 Å². The molecule has 0 amide bonds. The summed E-state index contributed by atoms with van der Waals surface area (Å²) < 4.78 is 6.40. The second kappa shape index (κ2) is 3.00. The zero-order valence-corrected chi connectivity index (χ0v) is 8.97. The van der Waals surface area contributed by atoms with Crippen molar-refractivity contribution >= 4 is 15.9 Å². The van der Waals surface area contributed by atoms with Crippen LogP contribution in [-0.2, 0) is 5.60 Å². The Hall–Kier alpha value is -0.540. The largest absolute Gasteiger partial charge is 0.493 e. The molecule has 1 aliphatic heterocycles. The van der Waals surface area contributed by atoms with Gasteiger partial charge in [0.05, 0.1) is 12.2 Å². The number of fused-ring (bicyclic) bond motifs is 1. The summed E-state index contributed by atoms with van der Waals surface area (Å²) in [5, 5.41) is 10.1. The minimum Gasteiger partial charge on any atom is -0.493 e. The van der Waals surface area contributed by atoms with Crippen molar-refractivity contribution in [3.8, 4) is 5.75 Å². The average molecular weight is 243 g/mol. The van der Waals surface area contributed by atoms with Crippen LogP contribution in [-0.4, -0.2) is 11.7 Å². The Kier molecular flexibility index (Phi) is 2.08. The average Bonchev–Trinajstić information content (AvgIpc) is 2.06. The SMILES string of the molecule is C[C@@]1(O)CCOc2ccc(Br)cc21. The van der Waals surface area contributed by atoms with Crippen LogP contribution in [0.1, 0.15) is 18.9 Å². The molecular formula is C10H11BrO2. The molecule has 0 aliphatic carbocycles. The van der Waals surface area contributed by atoms with E-state index in [1.165, 1.54) is 0 Å². The first kappa shape index (κ1) is 9.03. The first-order chi connectivity index (χ1) is 6.09. The topological polar surface area (TPSA) is 29.5 Å². The van der Waals surface area contributed by atoms with E-state index in [9.17, 15) is 5.11 Å². The smallest absolute Gasteiger partial charge is 0.125 e. The van der Waals surface area contributed by atoms with Crippen molar-refractivity contribution in [1.29, 1.82) is 0 Å². The van der Waals surface area contributed by atoms with Crippen molar-refractivity contribution in [2.75, 3.05) is 6.61 Å². The van der Waals surface area contributed by atoms with Crippen molar-refractivity contribution in [2.24, 2.45) is 0 Å². The first-order valence-electron chi connectivity index (χ1n) is 4.25. The van der Waals surface area contributed by atoms with E-state index >= 15 is 0 Å². The molecule has 1 heterocycles. The summed E-state index contributed by atoms with van der Waals surface area (Å²) in [5.41, 5.74) is 0.116. The third kappa shape index (κ3) is 1.58. The fourth-order valence-corrected chi connectivity index (χ4v) is 1.90. The molecule has 0 unspecified atom stereocenters. The molecule has 2 nitrogen and oxygen atoms in total. The summed E-state index contributed by atoms with van der Waals surface area (Å²) in [6, 6.07) is 5.71. The fraction of sp³-hybridized carbons (Fsp3) is 0.400. The van der Waals surface area contributed by atoms with Gasteiger partial charge in [-0.25, -0.2) is 0 Å². The zero-order chi connectivity index (χ0) is 9.47. The first-order valence-corrected chi connectivity index (χ1v) is 5.04. The predicted molar refractivity (Wildman–Crippen MR) is 53.8 cm³/mol. The van der Waals surface area contributed by atoms with E-state index in [0.29, 0.717) is 13.0 Å². The van der Waals surface area contributed by atoms with Crippen LogP contribution in [0.5, 0.6) is 5.75 Å². The Morgan fingerprint density at radius 1 is 1.54 bits per heavy atom. The van der Waals surface area contributed by atoms with Gasteiger partial charge < -0.3 is 9.84 Å². The van der Waals surface area contributed by atoms with Crippen LogP contribution in [0.3, 0.4) is 0 Å². The minimum atomic E-state index is -0.753. The van der Waals surface area contributed by atoms with Crippen molar-refractivity contribution in [1.82, 2.24) is 0 Å². The lowest BCUT2D eigenvalue weighted by molar-refractivity contribution is 0.0146. The Balaban J connectivity index is 2.55. The van der Waals surface area contributed by atoms with Gasteiger partial charge in [-0.3, -0.25) is 0 Å². The maximum Gasteiger partial charge on any atom is 0.125 e. The maximum atomic E-state index is 10.1. The molecule has 70 valence electrons. The van der Waals surface area contributed by atoms with Crippen molar-refractivity contribution in [3.63, 3.8) is 0 Å². The number of benzene rings is 1. The molecule has 0 aromatic heterocycles. The summed E-state index contributed by atoms with van der Waals surface area (Å²) >= 11 is 3.38. The standard InChI is InChI=1S/C10H11BrO2/c1-10(12)4-5-13-9-3-2-7(11)6-8(9)10/h2-3,6,12H,4-5H2,1H3/t10-/m1/s1. The molecule has 1 N–H and O–H groups in total. The highest BCUT2D eigenvalue weighted by Gasteiger charge is 2.30. The van der Waals surface area contributed by atoms with E-state index in [1.54, 1.807) is 0 Å². The summed E-state index contributed by atoms with van der Waals surface area (Å²) in [7, 11) is 0. The molecule has 0 saturated carbocycles. The Morgan fingerprint density at radius 2 is 2.31 bits per heavy atom. The second-order valence-electron chi connectivity index (χ2n) is 3.51. The summed E-state index contributed by atoms with van der Waals surface area (Å²) in [4.78, 5) is 0. The third-order valence-electron chi connectivity index (χ3n) is 2.37. The maximum absolute atomic E-state index is 10.1. The van der Waals surface area contributed by atoms with Crippen LogP contribution < -0.4 is 4.74 Å².